The molecule has 2 radical (unpaired) electrons. The molecule has 0 amide bonds. The fourth-order valence-corrected chi connectivity index (χ4v) is 6.67. The van der Waals surface area contributed by atoms with E-state index in [2.05, 4.69) is 152 Å². The van der Waals surface area contributed by atoms with Gasteiger partial charge in [0.25, 0.3) is 0 Å². The van der Waals surface area contributed by atoms with Crippen LogP contribution in [0.2, 0.25) is 0 Å². The van der Waals surface area contributed by atoms with Crippen LogP contribution in [-0.2, 0) is 5.33 Å². The summed E-state index contributed by atoms with van der Waals surface area (Å²) in [5.74, 6) is 0. The molecule has 0 aliphatic rings. The molecule has 0 spiro atoms. The summed E-state index contributed by atoms with van der Waals surface area (Å²) in [6.45, 7) is 0. The van der Waals surface area contributed by atoms with E-state index in [4.69, 9.17) is 7.85 Å². The molecule has 0 fully saturated rings. The van der Waals surface area contributed by atoms with Crippen LogP contribution in [0.15, 0.2) is 133 Å². The molecule has 41 heavy (non-hydrogen) atoms. The zero-order valence-electron chi connectivity index (χ0n) is 22.3. The normalized spacial score (nSPS) is 11.7. The maximum absolute atomic E-state index is 6.32. The number of aromatic nitrogens is 2. The van der Waals surface area contributed by atoms with Crippen LogP contribution in [0.5, 0.6) is 0 Å². The van der Waals surface area contributed by atoms with Crippen LogP contribution in [0.4, 0.5) is 0 Å². The Kier molecular flexibility index (Phi) is 5.65. The fraction of sp³-hybridized carbons (Fsp3) is 0.0270. The van der Waals surface area contributed by atoms with Crippen LogP contribution in [0.1, 0.15) is 5.56 Å². The molecule has 2 nitrogen and oxygen atoms in total. The molecule has 6 aromatic carbocycles. The maximum atomic E-state index is 6.32. The second-order valence-electron chi connectivity index (χ2n) is 10.6. The van der Waals surface area contributed by atoms with Gasteiger partial charge in [-0.05, 0) is 77.4 Å². The fourth-order valence-electron chi connectivity index (χ4n) is 6.34. The van der Waals surface area contributed by atoms with Crippen molar-refractivity contribution in [3.63, 3.8) is 0 Å². The van der Waals surface area contributed by atoms with E-state index < -0.39 is 0 Å². The van der Waals surface area contributed by atoms with E-state index >= 15 is 0 Å². The molecule has 0 saturated heterocycles. The van der Waals surface area contributed by atoms with Gasteiger partial charge in [-0.3, -0.25) is 0 Å². The van der Waals surface area contributed by atoms with Crippen LogP contribution >= 0.6 is 15.9 Å². The van der Waals surface area contributed by atoms with Crippen molar-refractivity contribution in [1.29, 1.82) is 0 Å². The van der Waals surface area contributed by atoms with Gasteiger partial charge in [-0.15, -0.1) is 0 Å². The lowest BCUT2D eigenvalue weighted by Gasteiger charge is -2.11. The third-order valence-corrected chi connectivity index (χ3v) is 8.75. The number of para-hydroxylation sites is 3. The average Bonchev–Trinajstić information content (AvgIpc) is 3.53. The number of hydrogen-bond acceptors (Lipinski definition) is 0. The van der Waals surface area contributed by atoms with Gasteiger partial charge in [-0.2, -0.15) is 0 Å². The first-order valence-corrected chi connectivity index (χ1v) is 14.9. The lowest BCUT2D eigenvalue weighted by molar-refractivity contribution is 1.17. The summed E-state index contributed by atoms with van der Waals surface area (Å²) >= 11 is 3.60. The van der Waals surface area contributed by atoms with Gasteiger partial charge in [-0.1, -0.05) is 94.2 Å². The predicted molar refractivity (Wildman–Crippen MR) is 179 cm³/mol. The van der Waals surface area contributed by atoms with Crippen molar-refractivity contribution in [2.24, 2.45) is 0 Å². The van der Waals surface area contributed by atoms with Gasteiger partial charge in [0.05, 0.1) is 22.1 Å². The molecule has 0 atom stereocenters. The number of rotatable bonds is 4. The first kappa shape index (κ1) is 24.3. The van der Waals surface area contributed by atoms with Crippen molar-refractivity contribution >= 4 is 72.9 Å². The van der Waals surface area contributed by atoms with E-state index in [9.17, 15) is 0 Å². The second kappa shape index (κ2) is 9.54. The zero-order chi connectivity index (χ0) is 27.5. The molecule has 0 bridgehead atoms. The molecule has 8 rings (SSSR count). The number of hydrogen-bond donors (Lipinski definition) is 0. The quantitative estimate of drug-likeness (QED) is 0.144. The standard InChI is InChI=1S/C37H24BBrN2/c38-27-18-24(23-39)19-29(22-27)41-35-13-7-5-11-31(35)33-21-26(15-17-37(33)41)25-14-16-36-32(20-25)30-10-4-6-12-34(30)40(36)28-8-2-1-3-9-28/h1-22H,23H2. The van der Waals surface area contributed by atoms with E-state index in [1.807, 2.05) is 6.07 Å². The highest BCUT2D eigenvalue weighted by Crippen LogP contribution is 2.38. The number of fused-ring (bicyclic) bond motifs is 6. The molecule has 2 aromatic heterocycles. The van der Waals surface area contributed by atoms with Gasteiger partial charge >= 0.3 is 0 Å². The summed E-state index contributed by atoms with van der Waals surface area (Å²) < 4.78 is 4.69. The Bertz CT molecular complexity index is 2260. The van der Waals surface area contributed by atoms with Crippen LogP contribution < -0.4 is 5.46 Å². The minimum absolute atomic E-state index is 0.759. The van der Waals surface area contributed by atoms with Gasteiger partial charge in [0.2, 0.25) is 0 Å². The monoisotopic (exact) mass is 586 g/mol. The molecule has 2 heterocycles. The average molecular weight is 587 g/mol. The molecular formula is C37H24BBrN2. The maximum Gasteiger partial charge on any atom is 0.113 e. The molecule has 8 aromatic rings. The summed E-state index contributed by atoms with van der Waals surface area (Å²) in [7, 11) is 6.32. The highest BCUT2D eigenvalue weighted by Gasteiger charge is 2.16. The van der Waals surface area contributed by atoms with Crippen molar-refractivity contribution in [1.82, 2.24) is 9.13 Å². The third-order valence-electron chi connectivity index (χ3n) is 8.11. The van der Waals surface area contributed by atoms with E-state index in [-0.39, 0.29) is 0 Å². The number of nitrogens with zero attached hydrogens (tertiary/aromatic N) is 2. The summed E-state index contributed by atoms with van der Waals surface area (Å²) in [4.78, 5) is 0. The van der Waals surface area contributed by atoms with Gasteiger partial charge in [0, 0.05) is 38.2 Å². The summed E-state index contributed by atoms with van der Waals surface area (Å²) in [6, 6.07) is 47.9. The van der Waals surface area contributed by atoms with Crippen LogP contribution in [-0.4, -0.2) is 17.0 Å². The summed E-state index contributed by atoms with van der Waals surface area (Å²) in [5.41, 5.74) is 11.4. The van der Waals surface area contributed by atoms with Gasteiger partial charge in [0.15, 0.2) is 0 Å². The van der Waals surface area contributed by atoms with Gasteiger partial charge in [-0.25, -0.2) is 0 Å². The summed E-state index contributed by atoms with van der Waals surface area (Å²) in [5, 5.41) is 5.73. The van der Waals surface area contributed by atoms with E-state index in [0.29, 0.717) is 0 Å². The highest BCUT2D eigenvalue weighted by atomic mass is 79.9. The van der Waals surface area contributed by atoms with Crippen LogP contribution in [0.25, 0.3) is 66.1 Å². The van der Waals surface area contributed by atoms with Crippen molar-refractivity contribution in [3.8, 4) is 22.5 Å². The van der Waals surface area contributed by atoms with E-state index in [1.165, 1.54) is 60.4 Å². The molecule has 4 heteroatoms. The first-order chi connectivity index (χ1) is 20.2. The highest BCUT2D eigenvalue weighted by molar-refractivity contribution is 9.08. The Balaban J connectivity index is 1.35. The van der Waals surface area contributed by atoms with Crippen LogP contribution in [0, 0.1) is 0 Å². The lowest BCUT2D eigenvalue weighted by atomic mass is 9.94. The molecule has 192 valence electrons. The summed E-state index contributed by atoms with van der Waals surface area (Å²) in [6.07, 6.45) is 0. The molecule has 0 unspecified atom stereocenters. The topological polar surface area (TPSA) is 9.86 Å². The van der Waals surface area contributed by atoms with Gasteiger partial charge in [0.1, 0.15) is 7.85 Å². The van der Waals surface area contributed by atoms with Crippen molar-refractivity contribution in [3.05, 3.63) is 139 Å². The number of halogens is 1. The number of benzene rings is 6. The van der Waals surface area contributed by atoms with Crippen LogP contribution in [0.3, 0.4) is 0 Å². The third kappa shape index (κ3) is 3.86. The molecule has 0 aliphatic carbocycles. The molecular weight excluding hydrogens is 563 g/mol. The minimum Gasteiger partial charge on any atom is -0.309 e. The van der Waals surface area contributed by atoms with E-state index in [0.717, 1.165) is 22.0 Å². The zero-order valence-corrected chi connectivity index (χ0v) is 23.8. The SMILES string of the molecule is [B]c1cc(CBr)cc(-n2c3ccccc3c3cc(-c4ccc5c(c4)c4ccccc4n5-c4ccccc4)ccc32)c1. The minimum atomic E-state index is 0.759. The smallest absolute Gasteiger partial charge is 0.113 e. The predicted octanol–water partition coefficient (Wildman–Crippen LogP) is 9.24. The molecule has 0 saturated carbocycles. The van der Waals surface area contributed by atoms with Crippen molar-refractivity contribution in [2.45, 2.75) is 5.33 Å². The van der Waals surface area contributed by atoms with E-state index in [1.54, 1.807) is 0 Å². The molecule has 0 N–H and O–H groups in total. The Morgan fingerprint density at radius 2 is 0.976 bits per heavy atom. The lowest BCUT2D eigenvalue weighted by Crippen LogP contribution is -2.07. The Labute approximate surface area is 248 Å². The van der Waals surface area contributed by atoms with Gasteiger partial charge < -0.3 is 9.13 Å². The van der Waals surface area contributed by atoms with Crippen molar-refractivity contribution in [2.75, 3.05) is 0 Å². The Hall–Kier alpha value is -4.54. The molecule has 0 aliphatic heterocycles. The second-order valence-corrected chi connectivity index (χ2v) is 11.1. The largest absolute Gasteiger partial charge is 0.309 e. The Morgan fingerprint density at radius 3 is 1.56 bits per heavy atom. The first-order valence-electron chi connectivity index (χ1n) is 13.8. The Morgan fingerprint density at radius 1 is 0.463 bits per heavy atom. The number of alkyl halides is 1. The van der Waals surface area contributed by atoms with Crippen molar-refractivity contribution < 1.29 is 0 Å².